The van der Waals surface area contributed by atoms with Crippen LogP contribution in [0.15, 0.2) is 0 Å². The van der Waals surface area contributed by atoms with Gasteiger partial charge in [-0.2, -0.15) is 0 Å². The van der Waals surface area contributed by atoms with Gasteiger partial charge in [0, 0.05) is 0 Å². The molecule has 0 saturated carbocycles. The lowest BCUT2D eigenvalue weighted by Crippen LogP contribution is -2.13. The molecule has 0 spiro atoms. The third kappa shape index (κ3) is 6.62. The second-order valence-electron chi connectivity index (χ2n) is 3.67. The second kappa shape index (κ2) is 8.09. The maximum atomic E-state index is 10.8. The second-order valence-corrected chi connectivity index (χ2v) is 3.67. The van der Waals surface area contributed by atoms with Gasteiger partial charge in [-0.15, -0.1) is 0 Å². The Morgan fingerprint density at radius 2 is 1.77 bits per heavy atom. The zero-order chi connectivity index (χ0) is 10.1. The van der Waals surface area contributed by atoms with Crippen molar-refractivity contribution in [3.05, 3.63) is 0 Å². The number of rotatable bonds is 8. The fourth-order valence-corrected chi connectivity index (χ4v) is 1.56. The van der Waals surface area contributed by atoms with E-state index in [2.05, 4.69) is 6.92 Å². The molecule has 2 heteroatoms. The lowest BCUT2D eigenvalue weighted by Gasteiger charge is -2.09. The van der Waals surface area contributed by atoms with E-state index in [4.69, 9.17) is 5.11 Å². The average Bonchev–Trinajstić information content (AvgIpc) is 2.10. The van der Waals surface area contributed by atoms with Crippen molar-refractivity contribution in [2.24, 2.45) is 5.92 Å². The van der Waals surface area contributed by atoms with Gasteiger partial charge in [-0.05, 0) is 12.8 Å². The van der Waals surface area contributed by atoms with Crippen molar-refractivity contribution in [1.82, 2.24) is 0 Å². The highest BCUT2D eigenvalue weighted by Crippen LogP contribution is 2.16. The Labute approximate surface area is 81.3 Å². The van der Waals surface area contributed by atoms with E-state index in [9.17, 15) is 4.79 Å². The first-order valence-corrected chi connectivity index (χ1v) is 5.45. The van der Waals surface area contributed by atoms with Crippen molar-refractivity contribution in [2.45, 2.75) is 58.8 Å². The summed E-state index contributed by atoms with van der Waals surface area (Å²) in [5, 5.41) is 8.86. The van der Waals surface area contributed by atoms with Crippen LogP contribution in [0.1, 0.15) is 58.8 Å². The lowest BCUT2D eigenvalue weighted by atomic mass is 9.96. The summed E-state index contributed by atoms with van der Waals surface area (Å²) in [6, 6.07) is 0. The van der Waals surface area contributed by atoms with E-state index in [0.29, 0.717) is 0 Å². The molecule has 13 heavy (non-hydrogen) atoms. The highest BCUT2D eigenvalue weighted by atomic mass is 16.4. The summed E-state index contributed by atoms with van der Waals surface area (Å²) in [5.74, 6) is -0.708. The minimum absolute atomic E-state index is 0.0955. The van der Waals surface area contributed by atoms with Crippen LogP contribution in [0.5, 0.6) is 0 Å². The molecule has 0 rings (SSSR count). The molecule has 78 valence electrons. The predicted octanol–water partition coefficient (Wildman–Crippen LogP) is 3.46. The molecule has 1 N–H and O–H groups in total. The van der Waals surface area contributed by atoms with Crippen molar-refractivity contribution < 1.29 is 9.90 Å². The summed E-state index contributed by atoms with van der Waals surface area (Å²) in [4.78, 5) is 10.8. The van der Waals surface area contributed by atoms with E-state index in [0.717, 1.165) is 25.7 Å². The van der Waals surface area contributed by atoms with Crippen LogP contribution in [0.2, 0.25) is 0 Å². The molecule has 0 radical (unpaired) electrons. The van der Waals surface area contributed by atoms with Crippen molar-refractivity contribution >= 4 is 5.97 Å². The predicted molar refractivity (Wildman–Crippen MR) is 54.8 cm³/mol. The fraction of sp³-hybridized carbons (Fsp3) is 0.909. The SMILES string of the molecule is CCCCCC[C@@H](CCC)C(=O)O. The molecule has 0 aliphatic heterocycles. The topological polar surface area (TPSA) is 37.3 Å². The van der Waals surface area contributed by atoms with Gasteiger partial charge >= 0.3 is 5.97 Å². The Bertz CT molecular complexity index is 132. The molecule has 0 bridgehead atoms. The molecule has 0 saturated heterocycles. The summed E-state index contributed by atoms with van der Waals surface area (Å²) in [5.41, 5.74) is 0. The number of aliphatic carboxylic acids is 1. The Balaban J connectivity index is 3.51. The van der Waals surface area contributed by atoms with Gasteiger partial charge in [-0.25, -0.2) is 0 Å². The van der Waals surface area contributed by atoms with Gasteiger partial charge in [0.15, 0.2) is 0 Å². The van der Waals surface area contributed by atoms with Crippen LogP contribution in [-0.2, 0) is 4.79 Å². The van der Waals surface area contributed by atoms with Crippen LogP contribution in [0.4, 0.5) is 0 Å². The summed E-state index contributed by atoms with van der Waals surface area (Å²) in [7, 11) is 0. The smallest absolute Gasteiger partial charge is 0.306 e. The normalized spacial score (nSPS) is 12.8. The molecule has 0 amide bonds. The molecule has 0 aliphatic carbocycles. The maximum Gasteiger partial charge on any atom is 0.306 e. The summed E-state index contributed by atoms with van der Waals surface area (Å²) >= 11 is 0. The molecule has 0 aromatic rings. The van der Waals surface area contributed by atoms with Crippen LogP contribution < -0.4 is 0 Å². The highest BCUT2D eigenvalue weighted by Gasteiger charge is 2.14. The van der Waals surface area contributed by atoms with Crippen molar-refractivity contribution in [3.63, 3.8) is 0 Å². The molecule has 0 aliphatic rings. The zero-order valence-electron chi connectivity index (χ0n) is 8.88. The van der Waals surface area contributed by atoms with Gasteiger partial charge < -0.3 is 5.11 Å². The van der Waals surface area contributed by atoms with Crippen LogP contribution in [0.25, 0.3) is 0 Å². The Morgan fingerprint density at radius 1 is 1.08 bits per heavy atom. The largest absolute Gasteiger partial charge is 0.481 e. The molecule has 0 unspecified atom stereocenters. The van der Waals surface area contributed by atoms with Crippen LogP contribution in [0, 0.1) is 5.92 Å². The Morgan fingerprint density at radius 3 is 2.23 bits per heavy atom. The van der Waals surface area contributed by atoms with Crippen molar-refractivity contribution in [2.75, 3.05) is 0 Å². The van der Waals surface area contributed by atoms with Crippen LogP contribution >= 0.6 is 0 Å². The van der Waals surface area contributed by atoms with Gasteiger partial charge in [0.25, 0.3) is 0 Å². The number of unbranched alkanes of at least 4 members (excludes halogenated alkanes) is 3. The van der Waals surface area contributed by atoms with Gasteiger partial charge in [0.2, 0.25) is 0 Å². The highest BCUT2D eigenvalue weighted by molar-refractivity contribution is 5.69. The van der Waals surface area contributed by atoms with E-state index in [1.54, 1.807) is 0 Å². The summed E-state index contributed by atoms with van der Waals surface area (Å²) < 4.78 is 0. The number of carbonyl (C=O) groups is 1. The molecule has 0 heterocycles. The van der Waals surface area contributed by atoms with Crippen molar-refractivity contribution in [3.8, 4) is 0 Å². The van der Waals surface area contributed by atoms with E-state index < -0.39 is 5.97 Å². The van der Waals surface area contributed by atoms with Crippen molar-refractivity contribution in [1.29, 1.82) is 0 Å². The molecule has 0 fully saturated rings. The van der Waals surface area contributed by atoms with Gasteiger partial charge in [0.1, 0.15) is 0 Å². The third-order valence-corrected chi connectivity index (χ3v) is 2.39. The first-order chi connectivity index (χ1) is 6.22. The van der Waals surface area contributed by atoms with E-state index >= 15 is 0 Å². The monoisotopic (exact) mass is 186 g/mol. The first-order valence-electron chi connectivity index (χ1n) is 5.45. The standard InChI is InChI=1S/C11H22O2/c1-3-5-6-7-9-10(8-4-2)11(12)13/h10H,3-9H2,1-2H3,(H,12,13)/t10-/m1/s1. The average molecular weight is 186 g/mol. The molecular formula is C11H22O2. The molecule has 0 aromatic heterocycles. The Hall–Kier alpha value is -0.530. The maximum absolute atomic E-state index is 10.8. The third-order valence-electron chi connectivity index (χ3n) is 2.39. The lowest BCUT2D eigenvalue weighted by molar-refractivity contribution is -0.142. The zero-order valence-corrected chi connectivity index (χ0v) is 8.88. The summed E-state index contributed by atoms with van der Waals surface area (Å²) in [6.45, 7) is 4.21. The number of carboxylic acid groups (broad SMARTS) is 1. The quantitative estimate of drug-likeness (QED) is 0.589. The van der Waals surface area contributed by atoms with Crippen LogP contribution in [0.3, 0.4) is 0 Å². The van der Waals surface area contributed by atoms with Gasteiger partial charge in [-0.3, -0.25) is 4.79 Å². The molecule has 1 atom stereocenters. The van der Waals surface area contributed by atoms with E-state index in [-0.39, 0.29) is 5.92 Å². The Kier molecular flexibility index (Phi) is 7.76. The number of carboxylic acids is 1. The van der Waals surface area contributed by atoms with Gasteiger partial charge in [0.05, 0.1) is 5.92 Å². The molecular weight excluding hydrogens is 164 g/mol. The number of hydrogen-bond donors (Lipinski definition) is 1. The molecule has 2 nitrogen and oxygen atoms in total. The minimum Gasteiger partial charge on any atom is -0.481 e. The van der Waals surface area contributed by atoms with E-state index in [1.165, 1.54) is 19.3 Å². The van der Waals surface area contributed by atoms with E-state index in [1.807, 2.05) is 6.92 Å². The molecule has 0 aromatic carbocycles. The van der Waals surface area contributed by atoms with Gasteiger partial charge in [-0.1, -0.05) is 46.0 Å². The van der Waals surface area contributed by atoms with Crippen LogP contribution in [-0.4, -0.2) is 11.1 Å². The fourth-order valence-electron chi connectivity index (χ4n) is 1.56. The minimum atomic E-state index is -0.613. The first kappa shape index (κ1) is 12.5. The summed E-state index contributed by atoms with van der Waals surface area (Å²) in [6.07, 6.45) is 7.38. The number of hydrogen-bond acceptors (Lipinski definition) is 1.